The molecule has 4 amide bonds. The summed E-state index contributed by atoms with van der Waals surface area (Å²) < 4.78 is 40.2. The normalized spacial score (nSPS) is 20.1. The summed E-state index contributed by atoms with van der Waals surface area (Å²) >= 11 is 0. The van der Waals surface area contributed by atoms with Crippen LogP contribution in [0.1, 0.15) is 45.7 Å². The van der Waals surface area contributed by atoms with E-state index in [-0.39, 0.29) is 17.6 Å². The maximum Gasteiger partial charge on any atom is 0.416 e. The lowest BCUT2D eigenvalue weighted by Crippen LogP contribution is -2.49. The second-order valence-electron chi connectivity index (χ2n) is 7.48. The highest BCUT2D eigenvalue weighted by Gasteiger charge is 2.52. The number of hydrogen-bond donors (Lipinski definition) is 1. The van der Waals surface area contributed by atoms with Crippen molar-refractivity contribution in [2.45, 2.75) is 58.4 Å². The van der Waals surface area contributed by atoms with Crippen LogP contribution in [-0.2, 0) is 21.3 Å². The van der Waals surface area contributed by atoms with Crippen molar-refractivity contribution in [2.24, 2.45) is 0 Å². The highest BCUT2D eigenvalue weighted by atomic mass is 19.4. The number of nitrogens with zero attached hydrogens (tertiary/aromatic N) is 2. The van der Waals surface area contributed by atoms with Crippen LogP contribution in [0.15, 0.2) is 24.3 Å². The van der Waals surface area contributed by atoms with Gasteiger partial charge in [0.25, 0.3) is 5.91 Å². The molecule has 1 aromatic carbocycles. The number of amides is 4. The molecule has 0 unspecified atom stereocenters. The smallest absolute Gasteiger partial charge is 0.336 e. The minimum Gasteiger partial charge on any atom is -0.336 e. The third-order valence-corrected chi connectivity index (χ3v) is 4.74. The van der Waals surface area contributed by atoms with E-state index in [0.29, 0.717) is 4.90 Å². The summed E-state index contributed by atoms with van der Waals surface area (Å²) in [5.41, 5.74) is -3.28. The van der Waals surface area contributed by atoms with Gasteiger partial charge in [0.2, 0.25) is 5.91 Å². The molecule has 154 valence electrons. The molecular formula is C19H24F3N3O3. The van der Waals surface area contributed by atoms with E-state index in [1.54, 1.807) is 27.7 Å². The zero-order valence-corrected chi connectivity index (χ0v) is 16.4. The van der Waals surface area contributed by atoms with Crippen molar-refractivity contribution < 1.29 is 27.6 Å². The summed E-state index contributed by atoms with van der Waals surface area (Å²) in [5, 5.41) is 2.33. The van der Waals surface area contributed by atoms with Crippen LogP contribution in [0.25, 0.3) is 0 Å². The van der Waals surface area contributed by atoms with E-state index in [9.17, 15) is 27.6 Å². The molecule has 6 nitrogen and oxygen atoms in total. The second-order valence-corrected chi connectivity index (χ2v) is 7.48. The lowest BCUT2D eigenvalue weighted by molar-refractivity contribution is -0.143. The first kappa shape index (κ1) is 21.7. The third kappa shape index (κ3) is 3.83. The van der Waals surface area contributed by atoms with Crippen LogP contribution < -0.4 is 5.32 Å². The Morgan fingerprint density at radius 1 is 1.14 bits per heavy atom. The first-order chi connectivity index (χ1) is 12.8. The van der Waals surface area contributed by atoms with E-state index >= 15 is 0 Å². The van der Waals surface area contributed by atoms with Crippen LogP contribution in [0.3, 0.4) is 0 Å². The molecular weight excluding hydrogens is 375 g/mol. The number of benzene rings is 1. The quantitative estimate of drug-likeness (QED) is 0.774. The molecule has 0 aromatic heterocycles. The van der Waals surface area contributed by atoms with E-state index in [1.165, 1.54) is 24.0 Å². The summed E-state index contributed by atoms with van der Waals surface area (Å²) in [5.74, 6) is -1.35. The predicted octanol–water partition coefficient (Wildman–Crippen LogP) is 3.12. The van der Waals surface area contributed by atoms with E-state index in [2.05, 4.69) is 5.32 Å². The van der Waals surface area contributed by atoms with E-state index in [4.69, 9.17) is 0 Å². The Morgan fingerprint density at radius 3 is 2.18 bits per heavy atom. The molecule has 1 aliphatic heterocycles. The lowest BCUT2D eigenvalue weighted by atomic mass is 9.87. The number of alkyl halides is 3. The number of urea groups is 1. The summed E-state index contributed by atoms with van der Waals surface area (Å²) in [6, 6.07) is 3.36. The molecule has 1 aliphatic rings. The maximum absolute atomic E-state index is 13.4. The number of hydrogen-bond acceptors (Lipinski definition) is 3. The van der Waals surface area contributed by atoms with Gasteiger partial charge in [-0.15, -0.1) is 0 Å². The molecule has 0 radical (unpaired) electrons. The molecule has 1 aromatic rings. The van der Waals surface area contributed by atoms with Gasteiger partial charge >= 0.3 is 12.2 Å². The van der Waals surface area contributed by atoms with Crippen molar-refractivity contribution in [3.05, 3.63) is 35.4 Å². The second kappa shape index (κ2) is 7.44. The fraction of sp³-hybridized carbons (Fsp3) is 0.526. The topological polar surface area (TPSA) is 69.7 Å². The molecule has 1 heterocycles. The van der Waals surface area contributed by atoms with Gasteiger partial charge in [0, 0.05) is 12.1 Å². The first-order valence-corrected chi connectivity index (χ1v) is 8.92. The molecule has 0 aliphatic carbocycles. The van der Waals surface area contributed by atoms with Gasteiger partial charge in [-0.25, -0.2) is 4.79 Å². The van der Waals surface area contributed by atoms with Crippen LogP contribution in [-0.4, -0.2) is 46.3 Å². The van der Waals surface area contributed by atoms with Gasteiger partial charge in [-0.1, -0.05) is 18.2 Å². The number of rotatable bonds is 5. The summed E-state index contributed by atoms with van der Waals surface area (Å²) in [7, 11) is 0. The largest absolute Gasteiger partial charge is 0.416 e. The number of imide groups is 1. The first-order valence-electron chi connectivity index (χ1n) is 8.92. The van der Waals surface area contributed by atoms with Gasteiger partial charge in [-0.2, -0.15) is 13.2 Å². The van der Waals surface area contributed by atoms with Crippen molar-refractivity contribution in [2.75, 3.05) is 6.54 Å². The van der Waals surface area contributed by atoms with Crippen LogP contribution >= 0.6 is 0 Å². The fourth-order valence-corrected chi connectivity index (χ4v) is 3.58. The molecule has 1 atom stereocenters. The molecule has 28 heavy (non-hydrogen) atoms. The SMILES string of the molecule is CC(C)N(C(=O)CN1C(=O)N[C@@](C)(c2ccccc2C(F)(F)F)C1=O)C(C)C. The zero-order chi connectivity index (χ0) is 21.4. The van der Waals surface area contributed by atoms with E-state index in [0.717, 1.165) is 12.1 Å². The molecule has 9 heteroatoms. The highest BCUT2D eigenvalue weighted by Crippen LogP contribution is 2.39. The maximum atomic E-state index is 13.4. The standard InChI is InChI=1S/C19H24F3N3O3/c1-11(2)25(12(3)4)15(26)10-24-16(27)18(5,23-17(24)28)13-8-6-7-9-14(13)19(20,21)22/h6-9,11-12H,10H2,1-5H3,(H,23,28)/t18-/m0/s1. The van der Waals surface area contributed by atoms with Crippen LogP contribution in [0.4, 0.5) is 18.0 Å². The van der Waals surface area contributed by atoms with Crippen molar-refractivity contribution in [1.29, 1.82) is 0 Å². The van der Waals surface area contributed by atoms with Gasteiger partial charge in [-0.3, -0.25) is 14.5 Å². The van der Waals surface area contributed by atoms with Gasteiger partial charge in [0.05, 0.1) is 5.56 Å². The minimum atomic E-state index is -4.69. The Kier molecular flexibility index (Phi) is 5.77. The number of carbonyl (C=O) groups is 3. The zero-order valence-electron chi connectivity index (χ0n) is 16.4. The third-order valence-electron chi connectivity index (χ3n) is 4.74. The van der Waals surface area contributed by atoms with E-state index in [1.807, 2.05) is 0 Å². The van der Waals surface area contributed by atoms with Crippen molar-refractivity contribution in [1.82, 2.24) is 15.1 Å². The Balaban J connectivity index is 2.37. The van der Waals surface area contributed by atoms with Gasteiger partial charge in [0.15, 0.2) is 0 Å². The number of nitrogens with one attached hydrogen (secondary N) is 1. The summed E-state index contributed by atoms with van der Waals surface area (Å²) in [4.78, 5) is 40.1. The van der Waals surface area contributed by atoms with Gasteiger partial charge < -0.3 is 10.2 Å². The fourth-order valence-electron chi connectivity index (χ4n) is 3.58. The summed E-state index contributed by atoms with van der Waals surface area (Å²) in [6.07, 6.45) is -4.69. The molecule has 1 saturated heterocycles. The minimum absolute atomic E-state index is 0.161. The molecule has 2 rings (SSSR count). The Hall–Kier alpha value is -2.58. The van der Waals surface area contributed by atoms with Crippen molar-refractivity contribution >= 4 is 17.8 Å². The lowest BCUT2D eigenvalue weighted by Gasteiger charge is -2.32. The Morgan fingerprint density at radius 2 is 1.68 bits per heavy atom. The molecule has 1 fully saturated rings. The molecule has 1 N–H and O–H groups in total. The predicted molar refractivity (Wildman–Crippen MR) is 96.2 cm³/mol. The molecule has 0 spiro atoms. The average molecular weight is 399 g/mol. The number of carbonyl (C=O) groups excluding carboxylic acids is 3. The van der Waals surface area contributed by atoms with Crippen molar-refractivity contribution in [3.63, 3.8) is 0 Å². The van der Waals surface area contributed by atoms with Crippen molar-refractivity contribution in [3.8, 4) is 0 Å². The van der Waals surface area contributed by atoms with Crippen LogP contribution in [0.5, 0.6) is 0 Å². The number of halogens is 3. The monoisotopic (exact) mass is 399 g/mol. The highest BCUT2D eigenvalue weighted by molar-refractivity contribution is 6.09. The van der Waals surface area contributed by atoms with Gasteiger partial charge in [0.1, 0.15) is 12.1 Å². The van der Waals surface area contributed by atoms with E-state index < -0.39 is 41.7 Å². The molecule has 0 saturated carbocycles. The van der Waals surface area contributed by atoms with Crippen LogP contribution in [0, 0.1) is 0 Å². The Labute approximate surface area is 161 Å². The summed E-state index contributed by atoms with van der Waals surface area (Å²) in [6.45, 7) is 7.87. The molecule has 0 bridgehead atoms. The van der Waals surface area contributed by atoms with Crippen LogP contribution in [0.2, 0.25) is 0 Å². The Bertz CT molecular complexity index is 784. The van der Waals surface area contributed by atoms with Gasteiger partial charge in [-0.05, 0) is 46.2 Å². The average Bonchev–Trinajstić information content (AvgIpc) is 2.77.